The molecule has 120 valence electrons. The Labute approximate surface area is 136 Å². The van der Waals surface area contributed by atoms with Crippen molar-refractivity contribution in [3.63, 3.8) is 0 Å². The molecule has 6 nitrogen and oxygen atoms in total. The predicted octanol–water partition coefficient (Wildman–Crippen LogP) is 2.33. The molecule has 0 unspecified atom stereocenters. The van der Waals surface area contributed by atoms with Gasteiger partial charge in [0.1, 0.15) is 12.2 Å². The molecule has 0 atom stereocenters. The van der Waals surface area contributed by atoms with E-state index in [1.807, 2.05) is 0 Å². The fraction of sp³-hybridized carbons (Fsp3) is 0.333. The molecule has 0 aliphatic heterocycles. The van der Waals surface area contributed by atoms with Crippen molar-refractivity contribution in [3.8, 4) is 11.5 Å². The van der Waals surface area contributed by atoms with Crippen molar-refractivity contribution in [1.82, 2.24) is 0 Å². The Kier molecular flexibility index (Phi) is 7.07. The molecule has 7 heteroatoms. The van der Waals surface area contributed by atoms with Crippen LogP contribution in [0.1, 0.15) is 12.5 Å². The molecule has 0 bridgehead atoms. The average Bonchev–Trinajstić information content (AvgIpc) is 2.47. The van der Waals surface area contributed by atoms with Gasteiger partial charge in [-0.2, -0.15) is 0 Å². The first-order valence-electron chi connectivity index (χ1n) is 6.35. The third-order valence-corrected chi connectivity index (χ3v) is 3.40. The Balaban J connectivity index is 3.11. The monoisotopic (exact) mass is 372 g/mol. The van der Waals surface area contributed by atoms with Crippen LogP contribution >= 0.6 is 15.9 Å². The van der Waals surface area contributed by atoms with Crippen LogP contribution in [0.4, 0.5) is 0 Å². The first kappa shape index (κ1) is 18.2. The second-order valence-electron chi connectivity index (χ2n) is 4.29. The van der Waals surface area contributed by atoms with Gasteiger partial charge in [-0.1, -0.05) is 15.9 Å². The van der Waals surface area contributed by atoms with Gasteiger partial charge in [-0.05, 0) is 30.7 Å². The molecular weight excluding hydrogens is 356 g/mol. The van der Waals surface area contributed by atoms with Crippen molar-refractivity contribution in [1.29, 1.82) is 0 Å². The minimum Gasteiger partial charge on any atom is -0.504 e. The number of carbonyl (C=O) groups excluding carboxylic acids is 2. The van der Waals surface area contributed by atoms with E-state index in [9.17, 15) is 14.7 Å². The average molecular weight is 373 g/mol. The highest BCUT2D eigenvalue weighted by Gasteiger charge is 2.17. The summed E-state index contributed by atoms with van der Waals surface area (Å²) in [6.45, 7) is 1.56. The molecule has 0 saturated carbocycles. The fourth-order valence-electron chi connectivity index (χ4n) is 1.59. The minimum atomic E-state index is -0.744. The summed E-state index contributed by atoms with van der Waals surface area (Å²) in [5, 5.41) is 9.79. The van der Waals surface area contributed by atoms with Gasteiger partial charge in [0.2, 0.25) is 0 Å². The standard InChI is InChI=1S/C15H17BrO6/c1-9(17)11(15(19)22-5-4-20-2)6-10-7-13(18)14(21-3)8-12(10)16/h6-8,18H,4-5H2,1-3H3/b11-6+. The number of hydrogen-bond acceptors (Lipinski definition) is 6. The van der Waals surface area contributed by atoms with Crippen molar-refractivity contribution in [2.45, 2.75) is 6.92 Å². The number of halogens is 1. The number of phenols is 1. The maximum atomic E-state index is 11.9. The van der Waals surface area contributed by atoms with Crippen LogP contribution < -0.4 is 4.74 Å². The van der Waals surface area contributed by atoms with Crippen molar-refractivity contribution >= 4 is 33.8 Å². The topological polar surface area (TPSA) is 82.1 Å². The number of hydrogen-bond donors (Lipinski definition) is 1. The molecule has 1 rings (SSSR count). The highest BCUT2D eigenvalue weighted by Crippen LogP contribution is 2.33. The Hall–Kier alpha value is -1.86. The van der Waals surface area contributed by atoms with Crippen molar-refractivity contribution < 1.29 is 28.9 Å². The van der Waals surface area contributed by atoms with Gasteiger partial charge in [-0.3, -0.25) is 4.79 Å². The number of Topliss-reactive ketones (excluding diaryl/α,β-unsaturated/α-hetero) is 1. The lowest BCUT2D eigenvalue weighted by atomic mass is 10.1. The van der Waals surface area contributed by atoms with E-state index in [-0.39, 0.29) is 30.3 Å². The normalized spacial score (nSPS) is 11.2. The maximum absolute atomic E-state index is 11.9. The molecule has 0 amide bonds. The number of benzene rings is 1. The molecule has 0 aliphatic rings. The number of ether oxygens (including phenoxy) is 3. The van der Waals surface area contributed by atoms with Crippen LogP contribution in [-0.4, -0.2) is 44.3 Å². The number of methoxy groups -OCH3 is 2. The lowest BCUT2D eigenvalue weighted by molar-refractivity contribution is -0.141. The zero-order chi connectivity index (χ0) is 16.7. The van der Waals surface area contributed by atoms with E-state index in [0.29, 0.717) is 10.0 Å². The molecule has 0 heterocycles. The van der Waals surface area contributed by atoms with Crippen LogP contribution in [0.2, 0.25) is 0 Å². The smallest absolute Gasteiger partial charge is 0.341 e. The minimum absolute atomic E-state index is 0.0506. The number of ketones is 1. The van der Waals surface area contributed by atoms with E-state index in [4.69, 9.17) is 14.2 Å². The summed E-state index contributed by atoms with van der Waals surface area (Å²) in [5.74, 6) is -1.01. The van der Waals surface area contributed by atoms with E-state index in [0.717, 1.165) is 0 Å². The van der Waals surface area contributed by atoms with Gasteiger partial charge < -0.3 is 19.3 Å². The fourth-order valence-corrected chi connectivity index (χ4v) is 2.03. The van der Waals surface area contributed by atoms with E-state index >= 15 is 0 Å². The van der Waals surface area contributed by atoms with Crippen molar-refractivity contribution in [2.75, 3.05) is 27.4 Å². The van der Waals surface area contributed by atoms with Crippen LogP contribution in [-0.2, 0) is 19.1 Å². The zero-order valence-electron chi connectivity index (χ0n) is 12.5. The lowest BCUT2D eigenvalue weighted by Gasteiger charge is -2.09. The molecule has 0 aromatic heterocycles. The van der Waals surface area contributed by atoms with Gasteiger partial charge in [0.05, 0.1) is 13.7 Å². The van der Waals surface area contributed by atoms with Crippen LogP contribution in [0.3, 0.4) is 0 Å². The first-order valence-corrected chi connectivity index (χ1v) is 7.15. The maximum Gasteiger partial charge on any atom is 0.341 e. The SMILES string of the molecule is COCCOC(=O)/C(=C/c1cc(O)c(OC)cc1Br)C(C)=O. The third kappa shape index (κ3) is 4.85. The van der Waals surface area contributed by atoms with Gasteiger partial charge >= 0.3 is 5.97 Å². The Morgan fingerprint density at radius 2 is 1.95 bits per heavy atom. The molecular formula is C15H17BrO6. The molecule has 0 radical (unpaired) electrons. The Morgan fingerprint density at radius 1 is 1.27 bits per heavy atom. The number of carbonyl (C=O) groups is 2. The number of phenolic OH excluding ortho intramolecular Hbond substituents is 1. The van der Waals surface area contributed by atoms with Crippen LogP contribution in [0.25, 0.3) is 6.08 Å². The second-order valence-corrected chi connectivity index (χ2v) is 5.14. The van der Waals surface area contributed by atoms with Crippen LogP contribution in [0, 0.1) is 0 Å². The zero-order valence-corrected chi connectivity index (χ0v) is 14.1. The summed E-state index contributed by atoms with van der Waals surface area (Å²) >= 11 is 3.29. The van der Waals surface area contributed by atoms with Gasteiger partial charge in [0.25, 0.3) is 0 Å². The second kappa shape index (κ2) is 8.55. The number of aromatic hydroxyl groups is 1. The number of esters is 1. The van der Waals surface area contributed by atoms with Crippen molar-refractivity contribution in [2.24, 2.45) is 0 Å². The molecule has 0 saturated heterocycles. The van der Waals surface area contributed by atoms with Crippen LogP contribution in [0.15, 0.2) is 22.2 Å². The number of rotatable bonds is 7. The van der Waals surface area contributed by atoms with Gasteiger partial charge in [0.15, 0.2) is 17.3 Å². The lowest BCUT2D eigenvalue weighted by Crippen LogP contribution is -2.16. The van der Waals surface area contributed by atoms with Gasteiger partial charge in [-0.15, -0.1) is 0 Å². The molecule has 0 aliphatic carbocycles. The summed E-state index contributed by atoms with van der Waals surface area (Å²) in [6, 6.07) is 2.92. The highest BCUT2D eigenvalue weighted by atomic mass is 79.9. The van der Waals surface area contributed by atoms with Crippen molar-refractivity contribution in [3.05, 3.63) is 27.7 Å². The van der Waals surface area contributed by atoms with E-state index in [1.54, 1.807) is 0 Å². The predicted molar refractivity (Wildman–Crippen MR) is 83.9 cm³/mol. The summed E-state index contributed by atoms with van der Waals surface area (Å²) in [5.41, 5.74) is 0.327. The third-order valence-electron chi connectivity index (χ3n) is 2.72. The molecule has 1 aromatic carbocycles. The molecule has 0 spiro atoms. The van der Waals surface area contributed by atoms with Crippen LogP contribution in [0.5, 0.6) is 11.5 Å². The van der Waals surface area contributed by atoms with E-state index in [1.165, 1.54) is 39.4 Å². The Bertz CT molecular complexity index is 594. The van der Waals surface area contributed by atoms with E-state index in [2.05, 4.69) is 15.9 Å². The summed E-state index contributed by atoms with van der Waals surface area (Å²) in [4.78, 5) is 23.6. The Morgan fingerprint density at radius 3 is 2.50 bits per heavy atom. The molecule has 22 heavy (non-hydrogen) atoms. The molecule has 1 N–H and O–H groups in total. The van der Waals surface area contributed by atoms with Gasteiger partial charge in [0, 0.05) is 11.6 Å². The summed E-state index contributed by atoms with van der Waals surface area (Å²) in [7, 11) is 2.90. The highest BCUT2D eigenvalue weighted by molar-refractivity contribution is 9.10. The van der Waals surface area contributed by atoms with Gasteiger partial charge in [-0.25, -0.2) is 4.79 Å². The summed E-state index contributed by atoms with van der Waals surface area (Å²) < 4.78 is 15.2. The summed E-state index contributed by atoms with van der Waals surface area (Å²) in [6.07, 6.45) is 1.35. The van der Waals surface area contributed by atoms with E-state index < -0.39 is 11.8 Å². The molecule has 1 aromatic rings. The first-order chi connectivity index (χ1) is 10.4. The quantitative estimate of drug-likeness (QED) is 0.260. The molecule has 0 fully saturated rings. The largest absolute Gasteiger partial charge is 0.504 e.